The number of carbonyl (C=O) groups excluding carboxylic acids is 1. The molecule has 0 aliphatic carbocycles. The zero-order chi connectivity index (χ0) is 15.9. The van der Waals surface area contributed by atoms with Crippen LogP contribution in [0.15, 0.2) is 24.5 Å². The number of carbonyl (C=O) groups is 1. The van der Waals surface area contributed by atoms with Crippen LogP contribution in [0.1, 0.15) is 35.6 Å². The molecule has 2 aromatic rings. The number of amides is 1. The van der Waals surface area contributed by atoms with Gasteiger partial charge in [-0.25, -0.2) is 4.98 Å². The number of halogens is 1. The maximum Gasteiger partial charge on any atom is 0.257 e. The third-order valence-electron chi connectivity index (χ3n) is 3.54. The Hall–Kier alpha value is -2.25. The van der Waals surface area contributed by atoms with E-state index in [1.165, 1.54) is 0 Å². The molecule has 0 saturated heterocycles. The maximum absolute atomic E-state index is 12.6. The predicted molar refractivity (Wildman–Crippen MR) is 86.1 cm³/mol. The second kappa shape index (κ2) is 5.51. The molecule has 112 valence electrons. The molecule has 0 bridgehead atoms. The van der Waals surface area contributed by atoms with E-state index in [4.69, 9.17) is 11.6 Å². The molecule has 0 atom stereocenters. The van der Waals surface area contributed by atoms with Crippen LogP contribution in [0, 0.1) is 17.8 Å². The van der Waals surface area contributed by atoms with Crippen LogP contribution in [0.25, 0.3) is 5.69 Å². The fourth-order valence-electron chi connectivity index (χ4n) is 2.46. The Morgan fingerprint density at radius 1 is 1.36 bits per heavy atom. The van der Waals surface area contributed by atoms with Crippen LogP contribution >= 0.6 is 11.6 Å². The first-order chi connectivity index (χ1) is 10.5. The minimum absolute atomic E-state index is 0.0907. The summed E-state index contributed by atoms with van der Waals surface area (Å²) < 4.78 is 1.91. The third kappa shape index (κ3) is 2.38. The van der Waals surface area contributed by atoms with Gasteiger partial charge in [-0.1, -0.05) is 37.4 Å². The number of nitrogens with zero attached hydrogens (tertiary/aromatic N) is 3. The molecule has 0 N–H and O–H groups in total. The van der Waals surface area contributed by atoms with Gasteiger partial charge in [0.05, 0.1) is 28.5 Å². The first-order valence-electron chi connectivity index (χ1n) is 7.11. The molecule has 0 saturated carbocycles. The smallest absolute Gasteiger partial charge is 0.257 e. The first kappa shape index (κ1) is 14.7. The minimum atomic E-state index is -0.0907. The molecule has 22 heavy (non-hydrogen) atoms. The monoisotopic (exact) mass is 313 g/mol. The van der Waals surface area contributed by atoms with E-state index >= 15 is 0 Å². The number of benzene rings is 1. The zero-order valence-electron chi connectivity index (χ0n) is 12.7. The average Bonchev–Trinajstić information content (AvgIpc) is 2.82. The largest absolute Gasteiger partial charge is 0.336 e. The van der Waals surface area contributed by atoms with Gasteiger partial charge in [0.25, 0.3) is 5.91 Å². The molecule has 1 amide bonds. The van der Waals surface area contributed by atoms with Crippen LogP contribution in [0.3, 0.4) is 0 Å². The van der Waals surface area contributed by atoms with E-state index in [2.05, 4.69) is 16.8 Å². The maximum atomic E-state index is 12.6. The van der Waals surface area contributed by atoms with Crippen LogP contribution in [-0.4, -0.2) is 27.4 Å². The van der Waals surface area contributed by atoms with Crippen molar-refractivity contribution in [2.75, 3.05) is 7.05 Å². The molecule has 2 heterocycles. The molecule has 1 aromatic carbocycles. The minimum Gasteiger partial charge on any atom is -0.336 e. The van der Waals surface area contributed by atoms with Crippen molar-refractivity contribution in [3.8, 4) is 17.5 Å². The molecule has 0 fully saturated rings. The van der Waals surface area contributed by atoms with Crippen molar-refractivity contribution < 1.29 is 4.79 Å². The van der Waals surface area contributed by atoms with E-state index in [0.717, 1.165) is 11.4 Å². The Morgan fingerprint density at radius 2 is 2.14 bits per heavy atom. The van der Waals surface area contributed by atoms with Crippen LogP contribution in [0.2, 0.25) is 5.02 Å². The van der Waals surface area contributed by atoms with Crippen LogP contribution < -0.4 is 0 Å². The number of hydrogen-bond donors (Lipinski definition) is 0. The van der Waals surface area contributed by atoms with Gasteiger partial charge in [-0.3, -0.25) is 9.36 Å². The molecular formula is C17H16ClN3O. The van der Waals surface area contributed by atoms with Crippen molar-refractivity contribution in [3.63, 3.8) is 0 Å². The second-order valence-corrected chi connectivity index (χ2v) is 6.04. The summed E-state index contributed by atoms with van der Waals surface area (Å²) in [5.41, 5.74) is 2.87. The summed E-state index contributed by atoms with van der Waals surface area (Å²) in [6.07, 6.45) is 1.71. The lowest BCUT2D eigenvalue weighted by Gasteiger charge is -2.14. The summed E-state index contributed by atoms with van der Waals surface area (Å²) >= 11 is 6.24. The predicted octanol–water partition coefficient (Wildman–Crippen LogP) is 3.12. The average molecular weight is 314 g/mol. The van der Waals surface area contributed by atoms with Gasteiger partial charge in [0.1, 0.15) is 12.0 Å². The number of aromatic nitrogens is 2. The normalized spacial score (nSPS) is 13.3. The molecule has 5 heteroatoms. The fraction of sp³-hybridized carbons (Fsp3) is 0.294. The molecule has 0 unspecified atom stereocenters. The Kier molecular flexibility index (Phi) is 3.67. The second-order valence-electron chi connectivity index (χ2n) is 5.63. The summed E-state index contributed by atoms with van der Waals surface area (Å²) in [5, 5.41) is 0.450. The highest BCUT2D eigenvalue weighted by Gasteiger charge is 2.27. The molecule has 4 nitrogen and oxygen atoms in total. The summed E-state index contributed by atoms with van der Waals surface area (Å²) in [4.78, 5) is 18.6. The highest BCUT2D eigenvalue weighted by Crippen LogP contribution is 2.30. The van der Waals surface area contributed by atoms with Gasteiger partial charge in [-0.2, -0.15) is 0 Å². The van der Waals surface area contributed by atoms with Gasteiger partial charge in [0.15, 0.2) is 0 Å². The highest BCUT2D eigenvalue weighted by molar-refractivity contribution is 6.34. The fourth-order valence-corrected chi connectivity index (χ4v) is 2.71. The molecule has 0 radical (unpaired) electrons. The summed E-state index contributed by atoms with van der Waals surface area (Å²) in [6.45, 7) is 4.52. The van der Waals surface area contributed by atoms with Crippen LogP contribution in [-0.2, 0) is 6.54 Å². The molecule has 1 aliphatic rings. The van der Waals surface area contributed by atoms with Gasteiger partial charge >= 0.3 is 0 Å². The van der Waals surface area contributed by atoms with E-state index in [-0.39, 0.29) is 11.8 Å². The van der Waals surface area contributed by atoms with Crippen molar-refractivity contribution in [2.45, 2.75) is 20.4 Å². The molecule has 0 spiro atoms. The zero-order valence-corrected chi connectivity index (χ0v) is 13.5. The Morgan fingerprint density at radius 3 is 2.86 bits per heavy atom. The number of imidazole rings is 1. The van der Waals surface area contributed by atoms with E-state index in [1.54, 1.807) is 24.3 Å². The van der Waals surface area contributed by atoms with Gasteiger partial charge in [-0.15, -0.1) is 0 Å². The van der Waals surface area contributed by atoms with Crippen LogP contribution in [0.4, 0.5) is 0 Å². The third-order valence-corrected chi connectivity index (χ3v) is 3.86. The molecule has 1 aromatic heterocycles. The van der Waals surface area contributed by atoms with Crippen LogP contribution in [0.5, 0.6) is 0 Å². The number of hydrogen-bond acceptors (Lipinski definition) is 2. The first-order valence-corrected chi connectivity index (χ1v) is 7.49. The summed E-state index contributed by atoms with van der Waals surface area (Å²) in [7, 11) is 1.76. The van der Waals surface area contributed by atoms with E-state index in [9.17, 15) is 4.79 Å². The summed E-state index contributed by atoms with van der Waals surface area (Å²) in [6, 6.07) is 5.44. The van der Waals surface area contributed by atoms with Gasteiger partial charge < -0.3 is 4.90 Å². The summed E-state index contributed by atoms with van der Waals surface area (Å²) in [5.74, 6) is 6.41. The lowest BCUT2D eigenvalue weighted by atomic mass is 10.1. The number of rotatable bonds is 0. The van der Waals surface area contributed by atoms with Gasteiger partial charge in [0, 0.05) is 13.0 Å². The lowest BCUT2D eigenvalue weighted by Crippen LogP contribution is -2.25. The van der Waals surface area contributed by atoms with Gasteiger partial charge in [-0.05, 0) is 18.1 Å². The molecular weight excluding hydrogens is 298 g/mol. The topological polar surface area (TPSA) is 38.1 Å². The van der Waals surface area contributed by atoms with Crippen molar-refractivity contribution in [3.05, 3.63) is 46.5 Å². The van der Waals surface area contributed by atoms with E-state index < -0.39 is 0 Å². The Bertz CT molecular complexity index is 811. The molecule has 1 aliphatic heterocycles. The highest BCUT2D eigenvalue weighted by atomic mass is 35.5. The van der Waals surface area contributed by atoms with E-state index in [0.29, 0.717) is 22.8 Å². The van der Waals surface area contributed by atoms with Crippen molar-refractivity contribution >= 4 is 17.5 Å². The Balaban J connectivity index is 2.23. The number of fused-ring (bicyclic) bond motifs is 3. The lowest BCUT2D eigenvalue weighted by molar-refractivity contribution is 0.0788. The van der Waals surface area contributed by atoms with Crippen molar-refractivity contribution in [2.24, 2.45) is 5.92 Å². The SMILES string of the molecule is CC(C)C#Cc1ncn2c1CN(C)C(=O)c1c(Cl)cccc1-2. The quantitative estimate of drug-likeness (QED) is 0.701. The van der Waals surface area contributed by atoms with Crippen molar-refractivity contribution in [1.82, 2.24) is 14.5 Å². The van der Waals surface area contributed by atoms with Crippen molar-refractivity contribution in [1.29, 1.82) is 0 Å². The van der Waals surface area contributed by atoms with Gasteiger partial charge in [0.2, 0.25) is 0 Å². The standard InChI is InChI=1S/C17H16ClN3O/c1-11(2)7-8-13-15-9-20(3)17(22)16-12(18)5-4-6-14(16)21(15)10-19-13/h4-6,10-11H,9H2,1-3H3. The molecule has 3 rings (SSSR count). The Labute approximate surface area is 134 Å². The van der Waals surface area contributed by atoms with E-state index in [1.807, 2.05) is 30.5 Å².